The number of rotatable bonds is 5. The van der Waals surface area contributed by atoms with Crippen LogP contribution in [0.15, 0.2) is 24.3 Å². The average molecular weight is 278 g/mol. The van der Waals surface area contributed by atoms with Crippen LogP contribution in [0, 0.1) is 0 Å². The Morgan fingerprint density at radius 3 is 2.55 bits per heavy atom. The van der Waals surface area contributed by atoms with Gasteiger partial charge in [0.05, 0.1) is 13.0 Å². The SMILES string of the molecule is O=C(O)CC1C(=O)NCCN1Cc1ccc(CO)cc1. The second kappa shape index (κ2) is 6.49. The van der Waals surface area contributed by atoms with E-state index in [2.05, 4.69) is 5.32 Å². The highest BCUT2D eigenvalue weighted by molar-refractivity contribution is 5.86. The van der Waals surface area contributed by atoms with Crippen LogP contribution in [0.25, 0.3) is 0 Å². The molecule has 1 atom stereocenters. The lowest BCUT2D eigenvalue weighted by molar-refractivity contribution is -0.143. The summed E-state index contributed by atoms with van der Waals surface area (Å²) in [5, 5.41) is 20.6. The van der Waals surface area contributed by atoms with E-state index in [1.54, 1.807) is 0 Å². The summed E-state index contributed by atoms with van der Waals surface area (Å²) >= 11 is 0. The Morgan fingerprint density at radius 1 is 1.30 bits per heavy atom. The van der Waals surface area contributed by atoms with Crippen LogP contribution in [0.4, 0.5) is 0 Å². The van der Waals surface area contributed by atoms with Gasteiger partial charge in [-0.1, -0.05) is 24.3 Å². The van der Waals surface area contributed by atoms with E-state index < -0.39 is 12.0 Å². The molecule has 1 aromatic carbocycles. The number of hydrogen-bond donors (Lipinski definition) is 3. The second-order valence-electron chi connectivity index (χ2n) is 4.85. The molecule has 108 valence electrons. The van der Waals surface area contributed by atoms with Crippen LogP contribution in [-0.4, -0.2) is 46.1 Å². The van der Waals surface area contributed by atoms with Gasteiger partial charge < -0.3 is 15.5 Å². The Morgan fingerprint density at radius 2 is 1.95 bits per heavy atom. The lowest BCUT2D eigenvalue weighted by Gasteiger charge is -2.34. The number of aliphatic hydroxyl groups is 1. The molecule has 1 saturated heterocycles. The molecule has 0 aromatic heterocycles. The number of aliphatic carboxylic acids is 1. The molecule has 0 saturated carbocycles. The van der Waals surface area contributed by atoms with E-state index in [1.165, 1.54) is 0 Å². The van der Waals surface area contributed by atoms with E-state index in [4.69, 9.17) is 10.2 Å². The van der Waals surface area contributed by atoms with Gasteiger partial charge in [-0.05, 0) is 11.1 Å². The van der Waals surface area contributed by atoms with Crippen molar-refractivity contribution < 1.29 is 19.8 Å². The number of nitrogens with one attached hydrogen (secondary N) is 1. The molecule has 20 heavy (non-hydrogen) atoms. The van der Waals surface area contributed by atoms with Crippen molar-refractivity contribution in [2.24, 2.45) is 0 Å². The second-order valence-corrected chi connectivity index (χ2v) is 4.85. The third-order valence-electron chi connectivity index (χ3n) is 3.40. The number of piperazine rings is 1. The van der Waals surface area contributed by atoms with Gasteiger partial charge in [-0.25, -0.2) is 0 Å². The minimum atomic E-state index is -0.979. The van der Waals surface area contributed by atoms with Gasteiger partial charge in [0.25, 0.3) is 0 Å². The maximum Gasteiger partial charge on any atom is 0.305 e. The minimum Gasteiger partial charge on any atom is -0.481 e. The molecule has 0 spiro atoms. The summed E-state index contributed by atoms with van der Waals surface area (Å²) in [6, 6.07) is 6.79. The Hall–Kier alpha value is -1.92. The van der Waals surface area contributed by atoms with Crippen molar-refractivity contribution in [2.75, 3.05) is 13.1 Å². The van der Waals surface area contributed by atoms with E-state index in [0.717, 1.165) is 11.1 Å². The molecule has 0 aliphatic carbocycles. The molecule has 1 aliphatic heterocycles. The van der Waals surface area contributed by atoms with Crippen LogP contribution in [0.1, 0.15) is 17.5 Å². The van der Waals surface area contributed by atoms with Gasteiger partial charge in [0, 0.05) is 19.6 Å². The van der Waals surface area contributed by atoms with E-state index in [0.29, 0.717) is 19.6 Å². The Labute approximate surface area is 117 Å². The van der Waals surface area contributed by atoms with E-state index in [1.807, 2.05) is 29.2 Å². The number of carboxylic acid groups (broad SMARTS) is 1. The van der Waals surface area contributed by atoms with Crippen molar-refractivity contribution in [1.29, 1.82) is 0 Å². The summed E-state index contributed by atoms with van der Waals surface area (Å²) in [6.45, 7) is 1.68. The molecule has 2 rings (SSSR count). The minimum absolute atomic E-state index is 0.00591. The fourth-order valence-electron chi connectivity index (χ4n) is 2.32. The van der Waals surface area contributed by atoms with Crippen LogP contribution in [0.2, 0.25) is 0 Å². The van der Waals surface area contributed by atoms with Crippen LogP contribution in [0.5, 0.6) is 0 Å². The molecule has 1 aliphatic rings. The Bertz CT molecular complexity index is 486. The molecule has 1 fully saturated rings. The van der Waals surface area contributed by atoms with Crippen molar-refractivity contribution in [2.45, 2.75) is 25.6 Å². The highest BCUT2D eigenvalue weighted by Gasteiger charge is 2.31. The van der Waals surface area contributed by atoms with Gasteiger partial charge in [0.1, 0.15) is 6.04 Å². The summed E-state index contributed by atoms with van der Waals surface area (Å²) in [4.78, 5) is 24.5. The molecule has 6 nitrogen and oxygen atoms in total. The molecule has 1 amide bonds. The smallest absolute Gasteiger partial charge is 0.305 e. The first-order valence-corrected chi connectivity index (χ1v) is 6.52. The van der Waals surface area contributed by atoms with Gasteiger partial charge in [0.2, 0.25) is 5.91 Å². The number of carboxylic acids is 1. The van der Waals surface area contributed by atoms with Gasteiger partial charge in [-0.15, -0.1) is 0 Å². The lowest BCUT2D eigenvalue weighted by atomic mass is 10.1. The molecular weight excluding hydrogens is 260 g/mol. The third-order valence-corrected chi connectivity index (χ3v) is 3.40. The van der Waals surface area contributed by atoms with Gasteiger partial charge in [-0.2, -0.15) is 0 Å². The van der Waals surface area contributed by atoms with Crippen molar-refractivity contribution in [3.05, 3.63) is 35.4 Å². The maximum atomic E-state index is 11.8. The van der Waals surface area contributed by atoms with Crippen molar-refractivity contribution in [1.82, 2.24) is 10.2 Å². The largest absolute Gasteiger partial charge is 0.481 e. The molecule has 0 radical (unpaired) electrons. The highest BCUT2D eigenvalue weighted by Crippen LogP contribution is 2.14. The summed E-state index contributed by atoms with van der Waals surface area (Å²) < 4.78 is 0. The first-order chi connectivity index (χ1) is 9.60. The summed E-state index contributed by atoms with van der Waals surface area (Å²) in [5.41, 5.74) is 1.82. The summed E-state index contributed by atoms with van der Waals surface area (Å²) in [7, 11) is 0. The molecule has 1 heterocycles. The predicted octanol–water partition coefficient (Wildman–Crippen LogP) is -0.0460. The van der Waals surface area contributed by atoms with Crippen LogP contribution in [0.3, 0.4) is 0 Å². The highest BCUT2D eigenvalue weighted by atomic mass is 16.4. The van der Waals surface area contributed by atoms with Crippen LogP contribution >= 0.6 is 0 Å². The summed E-state index contributed by atoms with van der Waals surface area (Å²) in [5.74, 6) is -1.21. The summed E-state index contributed by atoms with van der Waals surface area (Å²) in [6.07, 6.45) is -0.194. The standard InChI is InChI=1S/C14H18N2O4/c17-9-11-3-1-10(2-4-11)8-16-6-5-15-14(20)12(16)7-13(18)19/h1-4,12,17H,5-9H2,(H,15,20)(H,18,19). The average Bonchev–Trinajstić information content (AvgIpc) is 2.43. The number of aliphatic hydroxyl groups excluding tert-OH is 1. The zero-order chi connectivity index (χ0) is 14.5. The topological polar surface area (TPSA) is 89.9 Å². The fraction of sp³-hybridized carbons (Fsp3) is 0.429. The molecule has 1 unspecified atom stereocenters. The number of hydrogen-bond acceptors (Lipinski definition) is 4. The number of benzene rings is 1. The molecule has 0 bridgehead atoms. The van der Waals surface area contributed by atoms with Crippen molar-refractivity contribution in [3.8, 4) is 0 Å². The van der Waals surface area contributed by atoms with E-state index in [9.17, 15) is 9.59 Å². The van der Waals surface area contributed by atoms with Crippen LogP contribution < -0.4 is 5.32 Å². The van der Waals surface area contributed by atoms with Gasteiger partial charge >= 0.3 is 5.97 Å². The molecular formula is C14H18N2O4. The van der Waals surface area contributed by atoms with E-state index in [-0.39, 0.29) is 18.9 Å². The molecule has 6 heteroatoms. The predicted molar refractivity (Wildman–Crippen MR) is 71.8 cm³/mol. The van der Waals surface area contributed by atoms with Gasteiger partial charge in [0.15, 0.2) is 0 Å². The van der Waals surface area contributed by atoms with E-state index >= 15 is 0 Å². The third kappa shape index (κ3) is 3.55. The Kier molecular flexibility index (Phi) is 4.70. The molecule has 1 aromatic rings. The molecule has 3 N–H and O–H groups in total. The number of carbonyl (C=O) groups is 2. The zero-order valence-corrected chi connectivity index (χ0v) is 11.1. The quantitative estimate of drug-likeness (QED) is 0.703. The maximum absolute atomic E-state index is 11.8. The first kappa shape index (κ1) is 14.5. The monoisotopic (exact) mass is 278 g/mol. The zero-order valence-electron chi connectivity index (χ0n) is 11.1. The number of amides is 1. The number of nitrogens with zero attached hydrogens (tertiary/aromatic N) is 1. The van der Waals surface area contributed by atoms with Crippen molar-refractivity contribution >= 4 is 11.9 Å². The number of carbonyl (C=O) groups excluding carboxylic acids is 1. The van der Waals surface area contributed by atoms with Crippen LogP contribution in [-0.2, 0) is 22.7 Å². The normalized spacial score (nSPS) is 19.6. The first-order valence-electron chi connectivity index (χ1n) is 6.52. The Balaban J connectivity index is 2.07. The van der Waals surface area contributed by atoms with Gasteiger partial charge in [-0.3, -0.25) is 14.5 Å². The lowest BCUT2D eigenvalue weighted by Crippen LogP contribution is -2.55. The van der Waals surface area contributed by atoms with Crippen molar-refractivity contribution in [3.63, 3.8) is 0 Å². The fourth-order valence-corrected chi connectivity index (χ4v) is 2.32.